The number of amides is 1. The molecule has 1 heterocycles. The number of aryl methyl sites for hydroxylation is 2. The predicted octanol–water partition coefficient (Wildman–Crippen LogP) is 4.85. The number of hydrogen-bond donors (Lipinski definition) is 1. The van der Waals surface area contributed by atoms with Crippen molar-refractivity contribution in [1.82, 2.24) is 9.88 Å². The molecule has 148 valence electrons. The number of carbonyl (C=O) groups excluding carboxylic acids is 1. The molecule has 28 heavy (non-hydrogen) atoms. The van der Waals surface area contributed by atoms with Gasteiger partial charge in [-0.25, -0.2) is 0 Å². The number of benzene rings is 2. The first-order chi connectivity index (χ1) is 13.5. The molecule has 0 radical (unpaired) electrons. The summed E-state index contributed by atoms with van der Waals surface area (Å²) in [4.78, 5) is 18.3. The summed E-state index contributed by atoms with van der Waals surface area (Å²) in [5.74, 6) is 1.42. The molecular formula is C23H28N2O3. The molecule has 0 aliphatic rings. The number of aromatic amines is 1. The average Bonchev–Trinajstić information content (AvgIpc) is 3.00. The van der Waals surface area contributed by atoms with E-state index in [1.807, 2.05) is 55.1 Å². The molecular weight excluding hydrogens is 352 g/mol. The van der Waals surface area contributed by atoms with Gasteiger partial charge in [-0.2, -0.15) is 0 Å². The first-order valence-electron chi connectivity index (χ1n) is 9.66. The van der Waals surface area contributed by atoms with Gasteiger partial charge in [-0.3, -0.25) is 4.79 Å². The van der Waals surface area contributed by atoms with Crippen LogP contribution in [0.25, 0.3) is 10.9 Å². The Morgan fingerprint density at radius 3 is 2.54 bits per heavy atom. The van der Waals surface area contributed by atoms with Crippen LogP contribution in [-0.4, -0.2) is 36.1 Å². The van der Waals surface area contributed by atoms with Gasteiger partial charge in [0.05, 0.1) is 13.7 Å². The van der Waals surface area contributed by atoms with Crippen molar-refractivity contribution in [2.24, 2.45) is 0 Å². The third-order valence-corrected chi connectivity index (χ3v) is 5.13. The maximum atomic E-state index is 13.1. The number of H-pyrrole nitrogens is 1. The molecule has 0 saturated heterocycles. The number of fused-ring (bicyclic) bond motifs is 1. The van der Waals surface area contributed by atoms with Crippen LogP contribution in [0.4, 0.5) is 0 Å². The second-order valence-electron chi connectivity index (χ2n) is 6.87. The topological polar surface area (TPSA) is 54.6 Å². The predicted molar refractivity (Wildman–Crippen MR) is 112 cm³/mol. The van der Waals surface area contributed by atoms with Crippen LogP contribution in [0, 0.1) is 13.8 Å². The van der Waals surface area contributed by atoms with Crippen LogP contribution in [-0.2, 0) is 6.54 Å². The summed E-state index contributed by atoms with van der Waals surface area (Å²) >= 11 is 0. The Morgan fingerprint density at radius 1 is 1.07 bits per heavy atom. The number of hydrogen-bond acceptors (Lipinski definition) is 3. The molecule has 0 atom stereocenters. The number of nitrogens with zero attached hydrogens (tertiary/aromatic N) is 1. The minimum absolute atomic E-state index is 0.0236. The van der Waals surface area contributed by atoms with Crippen molar-refractivity contribution in [2.45, 2.75) is 34.2 Å². The lowest BCUT2D eigenvalue weighted by atomic mass is 10.1. The largest absolute Gasteiger partial charge is 0.493 e. The molecule has 3 rings (SSSR count). The fourth-order valence-electron chi connectivity index (χ4n) is 3.41. The van der Waals surface area contributed by atoms with E-state index in [9.17, 15) is 4.79 Å². The molecule has 1 N–H and O–H groups in total. The fraction of sp³-hybridized carbons (Fsp3) is 0.348. The SMILES string of the molecule is CCOc1ccc(CN(CC)C(=O)c2ccc3[nH]c(C)c(C)c3c2)cc1OC. The van der Waals surface area contributed by atoms with Crippen LogP contribution in [0.2, 0.25) is 0 Å². The van der Waals surface area contributed by atoms with E-state index >= 15 is 0 Å². The van der Waals surface area contributed by atoms with Gasteiger partial charge in [0.15, 0.2) is 11.5 Å². The van der Waals surface area contributed by atoms with E-state index < -0.39 is 0 Å². The Kier molecular flexibility index (Phi) is 5.93. The zero-order chi connectivity index (χ0) is 20.3. The first-order valence-corrected chi connectivity index (χ1v) is 9.66. The first kappa shape index (κ1) is 19.8. The van der Waals surface area contributed by atoms with Gasteiger partial charge in [0.1, 0.15) is 0 Å². The standard InChI is InChI=1S/C23H28N2O3/c1-6-25(14-17-8-11-21(28-7-2)22(12-17)27-5)23(26)18-9-10-20-19(13-18)15(3)16(4)24-20/h8-13,24H,6-7,14H2,1-5H3. The Morgan fingerprint density at radius 2 is 1.86 bits per heavy atom. The zero-order valence-electron chi connectivity index (χ0n) is 17.3. The highest BCUT2D eigenvalue weighted by atomic mass is 16.5. The smallest absolute Gasteiger partial charge is 0.254 e. The van der Waals surface area contributed by atoms with Crippen molar-refractivity contribution in [3.05, 3.63) is 58.8 Å². The number of carbonyl (C=O) groups is 1. The quantitative estimate of drug-likeness (QED) is 0.637. The van der Waals surface area contributed by atoms with Gasteiger partial charge in [0.2, 0.25) is 0 Å². The van der Waals surface area contributed by atoms with E-state index in [1.165, 1.54) is 5.56 Å². The lowest BCUT2D eigenvalue weighted by Crippen LogP contribution is -2.30. The molecule has 0 fully saturated rings. The fourth-order valence-corrected chi connectivity index (χ4v) is 3.41. The van der Waals surface area contributed by atoms with E-state index in [1.54, 1.807) is 7.11 Å². The molecule has 0 bridgehead atoms. The number of rotatable bonds is 7. The van der Waals surface area contributed by atoms with Gasteiger partial charge in [0.25, 0.3) is 5.91 Å². The Balaban J connectivity index is 1.85. The maximum Gasteiger partial charge on any atom is 0.254 e. The summed E-state index contributed by atoms with van der Waals surface area (Å²) in [7, 11) is 1.63. The van der Waals surface area contributed by atoms with Crippen LogP contribution in [0.1, 0.15) is 41.0 Å². The minimum Gasteiger partial charge on any atom is -0.493 e. The third-order valence-electron chi connectivity index (χ3n) is 5.13. The molecule has 5 nitrogen and oxygen atoms in total. The second-order valence-corrected chi connectivity index (χ2v) is 6.87. The van der Waals surface area contributed by atoms with E-state index in [-0.39, 0.29) is 5.91 Å². The summed E-state index contributed by atoms with van der Waals surface area (Å²) in [6.45, 7) is 9.78. The van der Waals surface area contributed by atoms with E-state index in [0.717, 1.165) is 22.2 Å². The van der Waals surface area contributed by atoms with Crippen LogP contribution < -0.4 is 9.47 Å². The maximum absolute atomic E-state index is 13.1. The zero-order valence-corrected chi connectivity index (χ0v) is 17.3. The molecule has 0 spiro atoms. The van der Waals surface area contributed by atoms with Crippen LogP contribution in [0.5, 0.6) is 11.5 Å². The summed E-state index contributed by atoms with van der Waals surface area (Å²) in [5, 5.41) is 1.10. The number of nitrogens with one attached hydrogen (secondary N) is 1. The van der Waals surface area contributed by atoms with Crippen molar-refractivity contribution in [3.8, 4) is 11.5 Å². The van der Waals surface area contributed by atoms with Crippen molar-refractivity contribution in [1.29, 1.82) is 0 Å². The van der Waals surface area contributed by atoms with Crippen molar-refractivity contribution in [2.75, 3.05) is 20.3 Å². The summed E-state index contributed by atoms with van der Waals surface area (Å²) in [5.41, 5.74) is 5.09. The minimum atomic E-state index is 0.0236. The van der Waals surface area contributed by atoms with Gasteiger partial charge >= 0.3 is 0 Å². The Labute approximate surface area is 166 Å². The highest BCUT2D eigenvalue weighted by Crippen LogP contribution is 2.29. The van der Waals surface area contributed by atoms with Gasteiger partial charge in [-0.1, -0.05) is 6.07 Å². The van der Waals surface area contributed by atoms with Gasteiger partial charge < -0.3 is 19.4 Å². The highest BCUT2D eigenvalue weighted by molar-refractivity contribution is 5.99. The number of aromatic nitrogens is 1. The Hall–Kier alpha value is -2.95. The Bertz CT molecular complexity index is 991. The van der Waals surface area contributed by atoms with Crippen molar-refractivity contribution >= 4 is 16.8 Å². The summed E-state index contributed by atoms with van der Waals surface area (Å²) in [6.07, 6.45) is 0. The van der Waals surface area contributed by atoms with Crippen molar-refractivity contribution < 1.29 is 14.3 Å². The van der Waals surface area contributed by atoms with E-state index in [0.29, 0.717) is 36.8 Å². The molecule has 1 aromatic heterocycles. The lowest BCUT2D eigenvalue weighted by Gasteiger charge is -2.22. The van der Waals surface area contributed by atoms with Crippen LogP contribution in [0.15, 0.2) is 36.4 Å². The van der Waals surface area contributed by atoms with Crippen LogP contribution >= 0.6 is 0 Å². The molecule has 0 unspecified atom stereocenters. The monoisotopic (exact) mass is 380 g/mol. The normalized spacial score (nSPS) is 10.9. The number of ether oxygens (including phenoxy) is 2. The van der Waals surface area contributed by atoms with E-state index in [4.69, 9.17) is 9.47 Å². The summed E-state index contributed by atoms with van der Waals surface area (Å²) in [6, 6.07) is 11.7. The van der Waals surface area contributed by atoms with E-state index in [2.05, 4.69) is 18.8 Å². The van der Waals surface area contributed by atoms with Gasteiger partial charge in [0, 0.05) is 35.2 Å². The van der Waals surface area contributed by atoms with Gasteiger partial charge in [-0.15, -0.1) is 0 Å². The molecule has 2 aromatic carbocycles. The summed E-state index contributed by atoms with van der Waals surface area (Å²) < 4.78 is 11.0. The molecule has 3 aromatic rings. The second kappa shape index (κ2) is 8.38. The molecule has 0 aliphatic heterocycles. The van der Waals surface area contributed by atoms with Crippen molar-refractivity contribution in [3.63, 3.8) is 0 Å². The molecule has 0 saturated carbocycles. The number of methoxy groups -OCH3 is 1. The van der Waals surface area contributed by atoms with Gasteiger partial charge in [-0.05, 0) is 69.2 Å². The lowest BCUT2D eigenvalue weighted by molar-refractivity contribution is 0.0752. The van der Waals surface area contributed by atoms with Crippen LogP contribution in [0.3, 0.4) is 0 Å². The third kappa shape index (κ3) is 3.84. The molecule has 1 amide bonds. The highest BCUT2D eigenvalue weighted by Gasteiger charge is 2.17. The average molecular weight is 380 g/mol. The molecule has 0 aliphatic carbocycles. The molecule has 5 heteroatoms.